The average molecular weight is 632 g/mol. The third-order valence-corrected chi connectivity index (χ3v) is 10.1. The Bertz CT molecular complexity index is 1540. The molecule has 1 saturated heterocycles. The maximum Gasteiger partial charge on any atom is 0.410 e. The number of sulfonamides is 1. The number of halogens is 1. The molecular formula is C29H34FN5O8S. The summed E-state index contributed by atoms with van der Waals surface area (Å²) in [6.45, 7) is 4.80. The Balaban J connectivity index is 1.29. The molecular weight excluding hydrogens is 597 g/mol. The number of nitrogens with one attached hydrogen (secondary N) is 3. The number of carbonyl (C=O) groups excluding carboxylic acids is 5. The van der Waals surface area contributed by atoms with Gasteiger partial charge in [-0.15, -0.1) is 6.58 Å². The molecule has 2 aliphatic carbocycles. The Labute approximate surface area is 253 Å². The van der Waals surface area contributed by atoms with E-state index in [-0.39, 0.29) is 32.5 Å². The van der Waals surface area contributed by atoms with E-state index >= 15 is 0 Å². The lowest BCUT2D eigenvalue weighted by molar-refractivity contribution is -0.139. The fraction of sp³-hybridized carbons (Fsp3) is 0.483. The number of carbonyl (C=O) groups is 5. The van der Waals surface area contributed by atoms with Crippen molar-refractivity contribution in [2.75, 3.05) is 13.1 Å². The van der Waals surface area contributed by atoms with Gasteiger partial charge in [-0.3, -0.25) is 28.8 Å². The summed E-state index contributed by atoms with van der Waals surface area (Å²) in [5.41, 5.74) is -0.543. The molecule has 236 valence electrons. The SMILES string of the molecule is C=C[C@@H]1C[C@]1(NC(=O)C1C[C@@H](OC(=O)N2Cc3cccc(F)c3C2)CN1C(=O)CNC(=O)/C=C/C)C(=O)NS(=O)(=O)C1CC1. The molecule has 0 bridgehead atoms. The van der Waals surface area contributed by atoms with Crippen LogP contribution in [0.5, 0.6) is 0 Å². The van der Waals surface area contributed by atoms with Crippen LogP contribution in [0.1, 0.15) is 43.7 Å². The van der Waals surface area contributed by atoms with E-state index in [1.54, 1.807) is 19.1 Å². The molecule has 5 rings (SSSR count). The van der Waals surface area contributed by atoms with Gasteiger partial charge in [0.15, 0.2) is 0 Å². The summed E-state index contributed by atoms with van der Waals surface area (Å²) in [7, 11) is -3.89. The van der Waals surface area contributed by atoms with Crippen molar-refractivity contribution in [3.05, 3.63) is 60.0 Å². The lowest BCUT2D eigenvalue weighted by atomic mass is 10.1. The number of hydrogen-bond donors (Lipinski definition) is 3. The summed E-state index contributed by atoms with van der Waals surface area (Å²) in [5, 5.41) is 4.41. The number of rotatable bonds is 10. The van der Waals surface area contributed by atoms with E-state index < -0.39 is 81.0 Å². The van der Waals surface area contributed by atoms with Crippen LogP contribution in [0.2, 0.25) is 0 Å². The highest BCUT2D eigenvalue weighted by Gasteiger charge is 2.62. The number of amides is 5. The second-order valence-electron chi connectivity index (χ2n) is 11.4. The Hall–Kier alpha value is -4.27. The molecule has 0 radical (unpaired) electrons. The highest BCUT2D eigenvalue weighted by Crippen LogP contribution is 2.45. The van der Waals surface area contributed by atoms with Gasteiger partial charge < -0.3 is 20.3 Å². The van der Waals surface area contributed by atoms with Gasteiger partial charge in [0.25, 0.3) is 5.91 Å². The summed E-state index contributed by atoms with van der Waals surface area (Å²) < 4.78 is 46.8. The highest BCUT2D eigenvalue weighted by molar-refractivity contribution is 7.91. The summed E-state index contributed by atoms with van der Waals surface area (Å²) in [6.07, 6.45) is 3.33. The standard InChI is InChI=1S/C29H34FN5O8S/c1-3-6-24(36)31-13-25(37)35-15-19(43-28(40)34-14-17-7-5-8-22(30)21(17)16-34)11-23(35)26(38)32-29(12-18(29)4-2)27(39)33-44(41,42)20-9-10-20/h3-8,18-20,23H,2,9-16H2,1H3,(H,31,36)(H,32,38)(H,33,39)/b6-3+/t18-,19-,23?,29-/m1/s1. The summed E-state index contributed by atoms with van der Waals surface area (Å²) in [4.78, 5) is 67.4. The van der Waals surface area contributed by atoms with E-state index in [1.807, 2.05) is 0 Å². The van der Waals surface area contributed by atoms with E-state index in [9.17, 15) is 36.8 Å². The van der Waals surface area contributed by atoms with Crippen LogP contribution < -0.4 is 15.4 Å². The number of allylic oxidation sites excluding steroid dienone is 1. The molecule has 2 aliphatic heterocycles. The first-order chi connectivity index (χ1) is 20.9. The molecule has 44 heavy (non-hydrogen) atoms. The van der Waals surface area contributed by atoms with Crippen molar-refractivity contribution in [2.24, 2.45) is 5.92 Å². The van der Waals surface area contributed by atoms with Crippen LogP contribution in [0.3, 0.4) is 0 Å². The van der Waals surface area contributed by atoms with Crippen LogP contribution in [0.25, 0.3) is 0 Å². The third kappa shape index (κ3) is 6.32. The quantitative estimate of drug-likeness (QED) is 0.249. The van der Waals surface area contributed by atoms with Crippen molar-refractivity contribution in [3.63, 3.8) is 0 Å². The van der Waals surface area contributed by atoms with E-state index in [1.165, 1.54) is 29.2 Å². The lowest BCUT2D eigenvalue weighted by Crippen LogP contribution is -2.57. The van der Waals surface area contributed by atoms with Gasteiger partial charge in [0.2, 0.25) is 27.7 Å². The van der Waals surface area contributed by atoms with Gasteiger partial charge in [0.05, 0.1) is 24.9 Å². The molecule has 4 atom stereocenters. The predicted octanol–water partition coefficient (Wildman–Crippen LogP) is 0.609. The molecule has 0 spiro atoms. The van der Waals surface area contributed by atoms with Crippen molar-refractivity contribution >= 4 is 39.7 Å². The number of hydrogen-bond acceptors (Lipinski definition) is 8. The van der Waals surface area contributed by atoms with Crippen molar-refractivity contribution in [1.82, 2.24) is 25.2 Å². The fourth-order valence-electron chi connectivity index (χ4n) is 5.63. The first-order valence-corrected chi connectivity index (χ1v) is 15.9. The Morgan fingerprint density at radius 1 is 1.18 bits per heavy atom. The van der Waals surface area contributed by atoms with Gasteiger partial charge >= 0.3 is 6.09 Å². The van der Waals surface area contributed by atoms with E-state index in [0.29, 0.717) is 24.0 Å². The van der Waals surface area contributed by atoms with Crippen LogP contribution >= 0.6 is 0 Å². The van der Waals surface area contributed by atoms with Crippen molar-refractivity contribution in [2.45, 2.75) is 68.6 Å². The molecule has 4 aliphatic rings. The first kappa shape index (κ1) is 31.2. The molecule has 3 N–H and O–H groups in total. The number of fused-ring (bicyclic) bond motifs is 1. The minimum atomic E-state index is -3.89. The number of nitrogens with zero attached hydrogens (tertiary/aromatic N) is 2. The fourth-order valence-corrected chi connectivity index (χ4v) is 6.99. The Kier molecular flexibility index (Phi) is 8.51. The summed E-state index contributed by atoms with van der Waals surface area (Å²) in [5.74, 6) is -3.78. The molecule has 3 fully saturated rings. The third-order valence-electron chi connectivity index (χ3n) is 8.32. The molecule has 15 heteroatoms. The minimum absolute atomic E-state index is 0.00142. The molecule has 1 aromatic rings. The number of likely N-dealkylation sites (tertiary alicyclic amines) is 1. The number of ether oxygens (including phenoxy) is 1. The van der Waals surface area contributed by atoms with Crippen LogP contribution in [0.4, 0.5) is 9.18 Å². The highest BCUT2D eigenvalue weighted by atomic mass is 32.2. The second kappa shape index (κ2) is 12.0. The smallest absolute Gasteiger partial charge is 0.410 e. The molecule has 1 aromatic carbocycles. The Morgan fingerprint density at radius 2 is 1.93 bits per heavy atom. The van der Waals surface area contributed by atoms with Crippen LogP contribution in [-0.2, 0) is 47.0 Å². The average Bonchev–Trinajstić information content (AvgIpc) is 3.86. The van der Waals surface area contributed by atoms with Crippen molar-refractivity contribution in [1.29, 1.82) is 0 Å². The van der Waals surface area contributed by atoms with Gasteiger partial charge in [0, 0.05) is 24.4 Å². The van der Waals surface area contributed by atoms with Crippen LogP contribution in [0, 0.1) is 11.7 Å². The maximum atomic E-state index is 14.2. The molecule has 2 saturated carbocycles. The molecule has 2 heterocycles. The first-order valence-electron chi connectivity index (χ1n) is 14.3. The van der Waals surface area contributed by atoms with Crippen molar-refractivity contribution < 1.29 is 41.5 Å². The second-order valence-corrected chi connectivity index (χ2v) is 13.4. The monoisotopic (exact) mass is 631 g/mol. The van der Waals surface area contributed by atoms with E-state index in [0.717, 1.165) is 4.90 Å². The van der Waals surface area contributed by atoms with Gasteiger partial charge in [-0.2, -0.15) is 0 Å². The van der Waals surface area contributed by atoms with E-state index in [4.69, 9.17) is 4.74 Å². The summed E-state index contributed by atoms with van der Waals surface area (Å²) >= 11 is 0. The predicted molar refractivity (Wildman–Crippen MR) is 153 cm³/mol. The van der Waals surface area contributed by atoms with Crippen LogP contribution in [-0.4, -0.2) is 84.0 Å². The maximum absolute atomic E-state index is 14.2. The Morgan fingerprint density at radius 3 is 2.57 bits per heavy atom. The zero-order chi connectivity index (χ0) is 31.8. The minimum Gasteiger partial charge on any atom is -0.444 e. The normalized spacial score (nSPS) is 25.7. The van der Waals surface area contributed by atoms with Gasteiger partial charge in [-0.05, 0) is 43.9 Å². The lowest BCUT2D eigenvalue weighted by Gasteiger charge is -2.26. The zero-order valence-corrected chi connectivity index (χ0v) is 24.9. The molecule has 5 amide bonds. The summed E-state index contributed by atoms with van der Waals surface area (Å²) in [6, 6.07) is 3.35. The zero-order valence-electron chi connectivity index (χ0n) is 24.1. The molecule has 13 nitrogen and oxygen atoms in total. The number of benzene rings is 1. The van der Waals surface area contributed by atoms with Gasteiger partial charge in [-0.1, -0.05) is 24.3 Å². The topological polar surface area (TPSA) is 171 Å². The molecule has 1 unspecified atom stereocenters. The largest absolute Gasteiger partial charge is 0.444 e. The van der Waals surface area contributed by atoms with E-state index in [2.05, 4.69) is 21.9 Å². The van der Waals surface area contributed by atoms with Crippen LogP contribution in [0.15, 0.2) is 43.0 Å². The molecule has 0 aromatic heterocycles. The van der Waals surface area contributed by atoms with Gasteiger partial charge in [0.1, 0.15) is 23.5 Å². The van der Waals surface area contributed by atoms with Gasteiger partial charge in [-0.25, -0.2) is 17.6 Å². The van der Waals surface area contributed by atoms with Crippen molar-refractivity contribution in [3.8, 4) is 0 Å².